The Morgan fingerprint density at radius 3 is 2.75 bits per heavy atom. The lowest BCUT2D eigenvalue weighted by atomic mass is 10.1. The van der Waals surface area contributed by atoms with Crippen LogP contribution in [-0.4, -0.2) is 11.8 Å². The van der Waals surface area contributed by atoms with Crippen LogP contribution in [0.15, 0.2) is 24.3 Å². The summed E-state index contributed by atoms with van der Waals surface area (Å²) in [7, 11) is 0. The maximum absolute atomic E-state index is 5.91. The fourth-order valence-corrected chi connectivity index (χ4v) is 3.88. The van der Waals surface area contributed by atoms with Crippen molar-refractivity contribution < 1.29 is 0 Å². The third kappa shape index (κ3) is 3.02. The first-order valence-electron chi connectivity index (χ1n) is 6.21. The molecule has 1 atom stereocenters. The summed E-state index contributed by atoms with van der Waals surface area (Å²) in [4.78, 5) is 0. The van der Waals surface area contributed by atoms with Gasteiger partial charge in [-0.05, 0) is 25.3 Å². The highest BCUT2D eigenvalue weighted by atomic mass is 32.2. The molecule has 1 aromatic carbocycles. The van der Waals surface area contributed by atoms with E-state index in [1.165, 1.54) is 36.8 Å². The van der Waals surface area contributed by atoms with Gasteiger partial charge in [0.1, 0.15) is 0 Å². The molecule has 1 unspecified atom stereocenters. The van der Waals surface area contributed by atoms with Gasteiger partial charge >= 0.3 is 0 Å². The zero-order valence-corrected chi connectivity index (χ0v) is 10.8. The Morgan fingerprint density at radius 2 is 2.12 bits per heavy atom. The van der Waals surface area contributed by atoms with Gasteiger partial charge in [-0.25, -0.2) is 0 Å². The lowest BCUT2D eigenvalue weighted by Gasteiger charge is -2.19. The lowest BCUT2D eigenvalue weighted by Crippen LogP contribution is -2.12. The Bertz CT molecular complexity index is 331. The smallest absolute Gasteiger partial charge is 0.0422 e. The van der Waals surface area contributed by atoms with Crippen LogP contribution >= 0.6 is 11.8 Å². The van der Waals surface area contributed by atoms with Gasteiger partial charge in [0, 0.05) is 17.0 Å². The highest BCUT2D eigenvalue weighted by molar-refractivity contribution is 8.00. The molecule has 1 aromatic rings. The molecule has 0 spiro atoms. The van der Waals surface area contributed by atoms with Gasteiger partial charge in [0.25, 0.3) is 0 Å². The minimum absolute atomic E-state index is 0.489. The van der Waals surface area contributed by atoms with Crippen LogP contribution < -0.4 is 5.73 Å². The van der Waals surface area contributed by atoms with E-state index in [4.69, 9.17) is 5.73 Å². The quantitative estimate of drug-likeness (QED) is 0.861. The average Bonchev–Trinajstić information content (AvgIpc) is 2.78. The van der Waals surface area contributed by atoms with Crippen molar-refractivity contribution in [2.75, 3.05) is 6.54 Å². The van der Waals surface area contributed by atoms with Crippen molar-refractivity contribution in [3.63, 3.8) is 0 Å². The number of thioether (sulfide) groups is 1. The van der Waals surface area contributed by atoms with Gasteiger partial charge in [-0.15, -0.1) is 11.8 Å². The van der Waals surface area contributed by atoms with Crippen LogP contribution in [0.5, 0.6) is 0 Å². The Morgan fingerprint density at radius 1 is 1.38 bits per heavy atom. The largest absolute Gasteiger partial charge is 0.329 e. The monoisotopic (exact) mass is 235 g/mol. The van der Waals surface area contributed by atoms with Crippen molar-refractivity contribution in [3.8, 4) is 0 Å². The van der Waals surface area contributed by atoms with Crippen molar-refractivity contribution in [3.05, 3.63) is 35.4 Å². The van der Waals surface area contributed by atoms with Crippen LogP contribution in [0.2, 0.25) is 0 Å². The minimum atomic E-state index is 0.489. The number of rotatable bonds is 4. The normalized spacial score (nSPS) is 18.9. The van der Waals surface area contributed by atoms with Gasteiger partial charge in [-0.1, -0.05) is 42.7 Å². The zero-order valence-electron chi connectivity index (χ0n) is 9.99. The third-order valence-corrected chi connectivity index (χ3v) is 4.94. The Hall–Kier alpha value is -0.470. The van der Waals surface area contributed by atoms with Crippen molar-refractivity contribution in [1.29, 1.82) is 0 Å². The maximum Gasteiger partial charge on any atom is 0.0422 e. The molecule has 0 aliphatic heterocycles. The van der Waals surface area contributed by atoms with Crippen LogP contribution in [0.1, 0.15) is 42.1 Å². The first-order valence-corrected chi connectivity index (χ1v) is 7.16. The topological polar surface area (TPSA) is 26.0 Å². The predicted octanol–water partition coefficient (Wildman–Crippen LogP) is 3.67. The number of hydrogen-bond acceptors (Lipinski definition) is 2. The number of nitrogens with two attached hydrogens (primary N) is 1. The molecule has 16 heavy (non-hydrogen) atoms. The molecule has 1 saturated carbocycles. The van der Waals surface area contributed by atoms with Crippen molar-refractivity contribution >= 4 is 11.8 Å². The second kappa shape index (κ2) is 5.74. The Balaban J connectivity index is 2.03. The molecule has 88 valence electrons. The van der Waals surface area contributed by atoms with Gasteiger partial charge in [0.05, 0.1) is 0 Å². The summed E-state index contributed by atoms with van der Waals surface area (Å²) in [5.74, 6) is 0. The summed E-state index contributed by atoms with van der Waals surface area (Å²) in [5, 5.41) is 1.33. The molecule has 0 radical (unpaired) electrons. The van der Waals surface area contributed by atoms with Gasteiger partial charge in [-0.3, -0.25) is 0 Å². The number of aryl methyl sites for hydroxylation is 1. The van der Waals surface area contributed by atoms with E-state index in [0.29, 0.717) is 5.25 Å². The van der Waals surface area contributed by atoms with Gasteiger partial charge in [-0.2, -0.15) is 0 Å². The fraction of sp³-hybridized carbons (Fsp3) is 0.571. The highest BCUT2D eigenvalue weighted by Crippen LogP contribution is 2.38. The molecule has 1 fully saturated rings. The Labute approximate surface area is 103 Å². The second-order valence-electron chi connectivity index (χ2n) is 4.68. The Kier molecular flexibility index (Phi) is 4.30. The van der Waals surface area contributed by atoms with E-state index in [2.05, 4.69) is 43.0 Å². The summed E-state index contributed by atoms with van der Waals surface area (Å²) in [6.07, 6.45) is 5.57. The van der Waals surface area contributed by atoms with Crippen LogP contribution in [-0.2, 0) is 0 Å². The standard InChI is InChI=1S/C14H21NS/c1-11-5-4-6-12(9-11)14(10-15)16-13-7-2-3-8-13/h4-6,9,13-14H,2-3,7-8,10,15H2,1H3. The molecule has 0 bridgehead atoms. The van der Waals surface area contributed by atoms with Crippen LogP contribution in [0.25, 0.3) is 0 Å². The highest BCUT2D eigenvalue weighted by Gasteiger charge is 2.20. The van der Waals surface area contributed by atoms with Gasteiger partial charge in [0.2, 0.25) is 0 Å². The van der Waals surface area contributed by atoms with E-state index in [0.717, 1.165) is 11.8 Å². The van der Waals surface area contributed by atoms with Crippen molar-refractivity contribution in [2.24, 2.45) is 5.73 Å². The van der Waals surface area contributed by atoms with E-state index in [1.807, 2.05) is 0 Å². The average molecular weight is 235 g/mol. The van der Waals surface area contributed by atoms with Gasteiger partial charge < -0.3 is 5.73 Å². The molecule has 0 heterocycles. The summed E-state index contributed by atoms with van der Waals surface area (Å²) >= 11 is 2.09. The molecule has 0 amide bonds. The van der Waals surface area contributed by atoms with Crippen LogP contribution in [0, 0.1) is 6.92 Å². The van der Waals surface area contributed by atoms with E-state index in [9.17, 15) is 0 Å². The summed E-state index contributed by atoms with van der Waals surface area (Å²) in [6.45, 7) is 2.90. The zero-order chi connectivity index (χ0) is 11.4. The van der Waals surface area contributed by atoms with E-state index >= 15 is 0 Å². The predicted molar refractivity (Wildman–Crippen MR) is 72.8 cm³/mol. The summed E-state index contributed by atoms with van der Waals surface area (Å²) < 4.78 is 0. The minimum Gasteiger partial charge on any atom is -0.329 e. The van der Waals surface area contributed by atoms with Crippen molar-refractivity contribution in [1.82, 2.24) is 0 Å². The van der Waals surface area contributed by atoms with E-state index < -0.39 is 0 Å². The summed E-state index contributed by atoms with van der Waals surface area (Å²) in [5.41, 5.74) is 8.65. The molecule has 1 aliphatic carbocycles. The molecule has 0 aromatic heterocycles. The third-order valence-electron chi connectivity index (χ3n) is 3.29. The van der Waals surface area contributed by atoms with Crippen molar-refractivity contribution in [2.45, 2.75) is 43.1 Å². The fourth-order valence-electron chi connectivity index (χ4n) is 2.40. The molecule has 2 rings (SSSR count). The first kappa shape index (κ1) is 12.0. The van der Waals surface area contributed by atoms with Crippen LogP contribution in [0.4, 0.5) is 0 Å². The second-order valence-corrected chi connectivity index (χ2v) is 6.19. The maximum atomic E-state index is 5.91. The van der Waals surface area contributed by atoms with Crippen LogP contribution in [0.3, 0.4) is 0 Å². The molecule has 0 saturated heterocycles. The number of hydrogen-bond donors (Lipinski definition) is 1. The number of benzene rings is 1. The molecular formula is C14H21NS. The van der Waals surface area contributed by atoms with E-state index in [-0.39, 0.29) is 0 Å². The molecular weight excluding hydrogens is 214 g/mol. The first-order chi connectivity index (χ1) is 7.79. The molecule has 2 N–H and O–H groups in total. The summed E-state index contributed by atoms with van der Waals surface area (Å²) in [6, 6.07) is 8.78. The van der Waals surface area contributed by atoms with E-state index in [1.54, 1.807) is 0 Å². The SMILES string of the molecule is Cc1cccc(C(CN)SC2CCCC2)c1. The molecule has 2 heteroatoms. The molecule has 1 aliphatic rings. The van der Waals surface area contributed by atoms with Gasteiger partial charge in [0.15, 0.2) is 0 Å². The lowest BCUT2D eigenvalue weighted by molar-refractivity contribution is 0.873. The molecule has 1 nitrogen and oxygen atoms in total.